The molecule has 4 aromatic rings. The van der Waals surface area contributed by atoms with E-state index in [2.05, 4.69) is 4.98 Å². The summed E-state index contributed by atoms with van der Waals surface area (Å²) in [5.74, 6) is 0.727. The van der Waals surface area contributed by atoms with Gasteiger partial charge in [0.2, 0.25) is 0 Å². The summed E-state index contributed by atoms with van der Waals surface area (Å²) in [6.07, 6.45) is 3.51. The zero-order chi connectivity index (χ0) is 21.1. The van der Waals surface area contributed by atoms with Crippen molar-refractivity contribution in [2.75, 3.05) is 11.5 Å². The Labute approximate surface area is 180 Å². The largest absolute Gasteiger partial charge is 0.494 e. The number of pyridine rings is 1. The van der Waals surface area contributed by atoms with E-state index in [1.54, 1.807) is 17.3 Å². The molecule has 0 N–H and O–H groups in total. The van der Waals surface area contributed by atoms with Crippen LogP contribution in [0, 0.1) is 13.8 Å². The molecule has 30 heavy (non-hydrogen) atoms. The lowest BCUT2D eigenvalue weighted by atomic mass is 10.1. The van der Waals surface area contributed by atoms with Crippen molar-refractivity contribution in [3.05, 3.63) is 83.2 Å². The molecule has 0 spiro atoms. The number of aromatic nitrogens is 2. The SMILES string of the molecule is CCOc1ccc2nc(N(Cc3cccnc3)C(=O)c3ccc(C)c(C)c3)sc2c1. The Kier molecular flexibility index (Phi) is 5.77. The molecule has 0 saturated heterocycles. The lowest BCUT2D eigenvalue weighted by molar-refractivity contribution is 0.0985. The number of anilines is 1. The van der Waals surface area contributed by atoms with Crippen LogP contribution < -0.4 is 9.64 Å². The molecule has 2 heterocycles. The minimum Gasteiger partial charge on any atom is -0.494 e. The Morgan fingerprint density at radius 2 is 1.97 bits per heavy atom. The second-order valence-corrected chi connectivity index (χ2v) is 8.12. The average Bonchev–Trinajstić information content (AvgIpc) is 3.17. The molecule has 0 bridgehead atoms. The van der Waals surface area contributed by atoms with Crippen LogP contribution in [0.4, 0.5) is 5.13 Å². The first kappa shape index (κ1) is 20.0. The highest BCUT2D eigenvalue weighted by atomic mass is 32.1. The molecule has 2 aromatic carbocycles. The van der Waals surface area contributed by atoms with Gasteiger partial charge in [-0.3, -0.25) is 14.7 Å². The van der Waals surface area contributed by atoms with Gasteiger partial charge in [0.15, 0.2) is 5.13 Å². The van der Waals surface area contributed by atoms with Crippen LogP contribution >= 0.6 is 11.3 Å². The van der Waals surface area contributed by atoms with Gasteiger partial charge < -0.3 is 4.74 Å². The van der Waals surface area contributed by atoms with Crippen molar-refractivity contribution in [2.24, 2.45) is 0 Å². The molecule has 0 fully saturated rings. The molecule has 5 nitrogen and oxygen atoms in total. The highest BCUT2D eigenvalue weighted by Crippen LogP contribution is 2.33. The van der Waals surface area contributed by atoms with Crippen LogP contribution in [-0.4, -0.2) is 22.5 Å². The minimum absolute atomic E-state index is 0.0777. The van der Waals surface area contributed by atoms with Gasteiger partial charge in [-0.25, -0.2) is 4.98 Å². The molecular weight excluding hydrogens is 394 g/mol. The van der Waals surface area contributed by atoms with E-state index in [0.717, 1.165) is 32.7 Å². The van der Waals surface area contributed by atoms with Crippen LogP contribution in [0.15, 0.2) is 60.9 Å². The van der Waals surface area contributed by atoms with E-state index in [1.807, 2.05) is 69.3 Å². The first-order valence-electron chi connectivity index (χ1n) is 9.86. The number of amides is 1. The van der Waals surface area contributed by atoms with Gasteiger partial charge in [-0.15, -0.1) is 0 Å². The van der Waals surface area contributed by atoms with Crippen LogP contribution in [0.25, 0.3) is 10.2 Å². The van der Waals surface area contributed by atoms with E-state index in [1.165, 1.54) is 11.3 Å². The van der Waals surface area contributed by atoms with Gasteiger partial charge >= 0.3 is 0 Å². The Bertz CT molecular complexity index is 1190. The van der Waals surface area contributed by atoms with Gasteiger partial charge in [-0.2, -0.15) is 0 Å². The predicted molar refractivity (Wildman–Crippen MR) is 121 cm³/mol. The third-order valence-electron chi connectivity index (χ3n) is 4.95. The van der Waals surface area contributed by atoms with E-state index in [-0.39, 0.29) is 5.91 Å². The molecule has 0 radical (unpaired) electrons. The predicted octanol–water partition coefficient (Wildman–Crippen LogP) is 5.55. The quantitative estimate of drug-likeness (QED) is 0.412. The summed E-state index contributed by atoms with van der Waals surface area (Å²) in [6.45, 7) is 7.03. The number of rotatable bonds is 6. The van der Waals surface area contributed by atoms with E-state index >= 15 is 0 Å². The van der Waals surface area contributed by atoms with Crippen LogP contribution in [0.1, 0.15) is 34.0 Å². The molecule has 0 aliphatic carbocycles. The smallest absolute Gasteiger partial charge is 0.260 e. The molecule has 0 aliphatic rings. The molecule has 152 valence electrons. The number of carbonyl (C=O) groups is 1. The second kappa shape index (κ2) is 8.63. The van der Waals surface area contributed by atoms with Crippen molar-refractivity contribution >= 4 is 32.6 Å². The summed E-state index contributed by atoms with van der Waals surface area (Å²) >= 11 is 1.49. The molecule has 0 atom stereocenters. The highest BCUT2D eigenvalue weighted by Gasteiger charge is 2.22. The number of aryl methyl sites for hydroxylation is 2. The summed E-state index contributed by atoms with van der Waals surface area (Å²) in [5, 5.41) is 0.658. The Morgan fingerprint density at radius 1 is 1.10 bits per heavy atom. The summed E-state index contributed by atoms with van der Waals surface area (Å²) in [4.78, 5) is 24.2. The van der Waals surface area contributed by atoms with Gasteiger partial charge in [0.05, 0.1) is 23.4 Å². The lowest BCUT2D eigenvalue weighted by Crippen LogP contribution is -2.30. The molecule has 0 aliphatic heterocycles. The normalized spacial score (nSPS) is 10.9. The number of ether oxygens (including phenoxy) is 1. The van der Waals surface area contributed by atoms with Crippen molar-refractivity contribution in [3.8, 4) is 5.75 Å². The van der Waals surface area contributed by atoms with Gasteiger partial charge in [0.1, 0.15) is 5.75 Å². The van der Waals surface area contributed by atoms with Crippen molar-refractivity contribution in [3.63, 3.8) is 0 Å². The number of nitrogens with zero attached hydrogens (tertiary/aromatic N) is 3. The van der Waals surface area contributed by atoms with Crippen LogP contribution in [0.3, 0.4) is 0 Å². The van der Waals surface area contributed by atoms with Crippen molar-refractivity contribution in [2.45, 2.75) is 27.3 Å². The standard InChI is InChI=1S/C24H23N3O2S/c1-4-29-20-9-10-21-22(13-20)30-24(26-21)27(15-18-6-5-11-25-14-18)23(28)19-8-7-16(2)17(3)12-19/h5-14H,4,15H2,1-3H3. The zero-order valence-electron chi connectivity index (χ0n) is 17.3. The van der Waals surface area contributed by atoms with Crippen molar-refractivity contribution in [1.82, 2.24) is 9.97 Å². The Morgan fingerprint density at radius 3 is 2.70 bits per heavy atom. The zero-order valence-corrected chi connectivity index (χ0v) is 18.1. The molecule has 4 rings (SSSR count). The number of thiazole rings is 1. The molecule has 0 saturated carbocycles. The fraction of sp³-hybridized carbons (Fsp3) is 0.208. The lowest BCUT2D eigenvalue weighted by Gasteiger charge is -2.20. The summed E-state index contributed by atoms with van der Waals surface area (Å²) < 4.78 is 6.60. The van der Waals surface area contributed by atoms with E-state index in [9.17, 15) is 4.79 Å². The van der Waals surface area contributed by atoms with Crippen LogP contribution in [0.5, 0.6) is 5.75 Å². The topological polar surface area (TPSA) is 55.3 Å². The van der Waals surface area contributed by atoms with Gasteiger partial charge in [-0.1, -0.05) is 23.5 Å². The third kappa shape index (κ3) is 4.19. The average molecular weight is 418 g/mol. The monoisotopic (exact) mass is 417 g/mol. The van der Waals surface area contributed by atoms with Gasteiger partial charge in [0, 0.05) is 18.0 Å². The molecule has 2 aromatic heterocycles. The van der Waals surface area contributed by atoms with Gasteiger partial charge in [-0.05, 0) is 73.9 Å². The maximum Gasteiger partial charge on any atom is 0.260 e. The van der Waals surface area contributed by atoms with E-state index < -0.39 is 0 Å². The number of benzene rings is 2. The molecular formula is C24H23N3O2S. The fourth-order valence-electron chi connectivity index (χ4n) is 3.20. The summed E-state index contributed by atoms with van der Waals surface area (Å²) in [7, 11) is 0. The number of fused-ring (bicyclic) bond motifs is 1. The summed E-state index contributed by atoms with van der Waals surface area (Å²) in [6, 6.07) is 15.5. The van der Waals surface area contributed by atoms with E-state index in [4.69, 9.17) is 9.72 Å². The van der Waals surface area contributed by atoms with Crippen LogP contribution in [-0.2, 0) is 6.54 Å². The second-order valence-electron chi connectivity index (χ2n) is 7.11. The highest BCUT2D eigenvalue weighted by molar-refractivity contribution is 7.22. The van der Waals surface area contributed by atoms with Crippen LogP contribution in [0.2, 0.25) is 0 Å². The van der Waals surface area contributed by atoms with E-state index in [0.29, 0.717) is 23.8 Å². The molecule has 0 unspecified atom stereocenters. The Balaban J connectivity index is 1.75. The first-order chi connectivity index (χ1) is 14.5. The molecule has 1 amide bonds. The van der Waals surface area contributed by atoms with Crippen molar-refractivity contribution < 1.29 is 9.53 Å². The fourth-order valence-corrected chi connectivity index (χ4v) is 4.19. The molecule has 6 heteroatoms. The third-order valence-corrected chi connectivity index (χ3v) is 5.99. The Hall–Kier alpha value is -3.25. The first-order valence-corrected chi connectivity index (χ1v) is 10.7. The summed E-state index contributed by atoms with van der Waals surface area (Å²) in [5.41, 5.74) is 4.70. The number of hydrogen-bond donors (Lipinski definition) is 0. The van der Waals surface area contributed by atoms with Crippen molar-refractivity contribution in [1.29, 1.82) is 0 Å². The number of hydrogen-bond acceptors (Lipinski definition) is 5. The number of carbonyl (C=O) groups excluding carboxylic acids is 1. The maximum absolute atomic E-state index is 13.5. The minimum atomic E-state index is -0.0777. The maximum atomic E-state index is 13.5. The van der Waals surface area contributed by atoms with Gasteiger partial charge in [0.25, 0.3) is 5.91 Å².